The number of H-pyrrole nitrogens is 1. The minimum absolute atomic E-state index is 0.108. The third-order valence-electron chi connectivity index (χ3n) is 2.64. The standard InChI is InChI=1S/C11H15N5O2/c1-11(2,4-3-7(17)18)16-10-8-9(13-5-12-8)14-6-15-10/h5-6H,3-4H2,1-2H3,(H,17,18)(H2,12,13,14,15,16). The Hall–Kier alpha value is -2.18. The zero-order chi connectivity index (χ0) is 13.2. The third-order valence-corrected chi connectivity index (χ3v) is 2.64. The number of aromatic amines is 1. The van der Waals surface area contributed by atoms with Gasteiger partial charge >= 0.3 is 5.97 Å². The lowest BCUT2D eigenvalue weighted by Gasteiger charge is -2.26. The summed E-state index contributed by atoms with van der Waals surface area (Å²) < 4.78 is 0. The van der Waals surface area contributed by atoms with Crippen LogP contribution in [-0.4, -0.2) is 36.6 Å². The minimum Gasteiger partial charge on any atom is -0.481 e. The van der Waals surface area contributed by atoms with Gasteiger partial charge in [0.1, 0.15) is 11.8 Å². The first-order valence-electron chi connectivity index (χ1n) is 5.62. The Balaban J connectivity index is 2.17. The van der Waals surface area contributed by atoms with Gasteiger partial charge in [0.2, 0.25) is 0 Å². The van der Waals surface area contributed by atoms with Crippen LogP contribution in [0, 0.1) is 0 Å². The number of aliphatic carboxylic acids is 1. The van der Waals surface area contributed by atoms with Crippen LogP contribution in [0.15, 0.2) is 12.7 Å². The van der Waals surface area contributed by atoms with Gasteiger partial charge in [-0.15, -0.1) is 0 Å². The fraction of sp³-hybridized carbons (Fsp3) is 0.455. The van der Waals surface area contributed by atoms with E-state index >= 15 is 0 Å². The fourth-order valence-electron chi connectivity index (χ4n) is 1.66. The van der Waals surface area contributed by atoms with E-state index in [0.717, 1.165) is 5.52 Å². The summed E-state index contributed by atoms with van der Waals surface area (Å²) in [4.78, 5) is 25.8. The van der Waals surface area contributed by atoms with Crippen molar-refractivity contribution >= 4 is 23.0 Å². The molecule has 18 heavy (non-hydrogen) atoms. The Bertz CT molecular complexity index is 563. The molecule has 0 saturated carbocycles. The molecule has 2 aromatic heterocycles. The quantitative estimate of drug-likeness (QED) is 0.740. The van der Waals surface area contributed by atoms with Crippen LogP contribution in [0.2, 0.25) is 0 Å². The highest BCUT2D eigenvalue weighted by atomic mass is 16.4. The highest BCUT2D eigenvalue weighted by Gasteiger charge is 2.21. The summed E-state index contributed by atoms with van der Waals surface area (Å²) in [5.74, 6) is -0.174. The third kappa shape index (κ3) is 2.73. The smallest absolute Gasteiger partial charge is 0.303 e. The number of rotatable bonds is 5. The van der Waals surface area contributed by atoms with Crippen molar-refractivity contribution < 1.29 is 9.90 Å². The molecule has 96 valence electrons. The van der Waals surface area contributed by atoms with Crippen molar-refractivity contribution in [2.75, 3.05) is 5.32 Å². The molecule has 0 bridgehead atoms. The number of carboxylic acids is 1. The predicted octanol–water partition coefficient (Wildman–Crippen LogP) is 1.41. The number of hydrogen-bond donors (Lipinski definition) is 3. The van der Waals surface area contributed by atoms with Crippen LogP contribution in [0.5, 0.6) is 0 Å². The van der Waals surface area contributed by atoms with Gasteiger partial charge < -0.3 is 15.4 Å². The molecule has 0 aliphatic heterocycles. The van der Waals surface area contributed by atoms with Crippen LogP contribution in [-0.2, 0) is 4.79 Å². The van der Waals surface area contributed by atoms with Crippen molar-refractivity contribution in [3.05, 3.63) is 12.7 Å². The molecule has 3 N–H and O–H groups in total. The topological polar surface area (TPSA) is 104 Å². The molecule has 0 aliphatic rings. The molecular weight excluding hydrogens is 234 g/mol. The van der Waals surface area contributed by atoms with E-state index in [2.05, 4.69) is 25.3 Å². The van der Waals surface area contributed by atoms with Crippen molar-refractivity contribution in [3.63, 3.8) is 0 Å². The lowest BCUT2D eigenvalue weighted by molar-refractivity contribution is -0.137. The van der Waals surface area contributed by atoms with E-state index in [0.29, 0.717) is 17.9 Å². The van der Waals surface area contributed by atoms with Crippen LogP contribution >= 0.6 is 0 Å². The second-order valence-electron chi connectivity index (χ2n) is 4.73. The maximum Gasteiger partial charge on any atom is 0.303 e. The summed E-state index contributed by atoms with van der Waals surface area (Å²) in [5, 5.41) is 11.9. The van der Waals surface area contributed by atoms with Gasteiger partial charge in [0, 0.05) is 12.0 Å². The molecule has 2 heterocycles. The monoisotopic (exact) mass is 249 g/mol. The van der Waals surface area contributed by atoms with Crippen LogP contribution in [0.1, 0.15) is 26.7 Å². The van der Waals surface area contributed by atoms with Crippen molar-refractivity contribution in [2.24, 2.45) is 0 Å². The summed E-state index contributed by atoms with van der Waals surface area (Å²) in [5.41, 5.74) is 0.938. The van der Waals surface area contributed by atoms with Gasteiger partial charge in [-0.3, -0.25) is 4.79 Å². The Morgan fingerprint density at radius 3 is 2.94 bits per heavy atom. The van der Waals surface area contributed by atoms with E-state index in [9.17, 15) is 4.79 Å². The normalized spacial score (nSPS) is 11.7. The van der Waals surface area contributed by atoms with Gasteiger partial charge in [-0.25, -0.2) is 15.0 Å². The zero-order valence-corrected chi connectivity index (χ0v) is 10.3. The molecule has 0 amide bonds. The fourth-order valence-corrected chi connectivity index (χ4v) is 1.66. The van der Waals surface area contributed by atoms with Gasteiger partial charge in [0.05, 0.1) is 6.33 Å². The number of hydrogen-bond acceptors (Lipinski definition) is 5. The molecule has 0 unspecified atom stereocenters. The van der Waals surface area contributed by atoms with Gasteiger partial charge in [-0.2, -0.15) is 0 Å². The van der Waals surface area contributed by atoms with Crippen LogP contribution in [0.3, 0.4) is 0 Å². The maximum atomic E-state index is 10.6. The van der Waals surface area contributed by atoms with E-state index in [4.69, 9.17) is 5.11 Å². The van der Waals surface area contributed by atoms with Crippen molar-refractivity contribution in [1.29, 1.82) is 0 Å². The number of aromatic nitrogens is 4. The first kappa shape index (κ1) is 12.3. The van der Waals surface area contributed by atoms with Crippen LogP contribution in [0.25, 0.3) is 11.2 Å². The number of anilines is 1. The maximum absolute atomic E-state index is 10.6. The summed E-state index contributed by atoms with van der Waals surface area (Å²) in [6.07, 6.45) is 3.59. The van der Waals surface area contributed by atoms with Gasteiger partial charge in [0.15, 0.2) is 11.5 Å². The molecule has 7 nitrogen and oxygen atoms in total. The van der Waals surface area contributed by atoms with Crippen LogP contribution < -0.4 is 5.32 Å². The minimum atomic E-state index is -0.806. The van der Waals surface area contributed by atoms with E-state index in [1.165, 1.54) is 6.33 Å². The number of nitrogens with zero attached hydrogens (tertiary/aromatic N) is 3. The molecule has 0 aliphatic carbocycles. The lowest BCUT2D eigenvalue weighted by Crippen LogP contribution is -2.32. The molecule has 0 saturated heterocycles. The molecule has 0 atom stereocenters. The van der Waals surface area contributed by atoms with Crippen molar-refractivity contribution in [3.8, 4) is 0 Å². The summed E-state index contributed by atoms with van der Waals surface area (Å²) in [7, 11) is 0. The van der Waals surface area contributed by atoms with Crippen molar-refractivity contribution in [1.82, 2.24) is 19.9 Å². The highest BCUT2D eigenvalue weighted by molar-refractivity contribution is 5.82. The Kier molecular flexibility index (Phi) is 3.14. The second-order valence-corrected chi connectivity index (χ2v) is 4.73. The average molecular weight is 249 g/mol. The molecule has 2 rings (SSSR count). The number of imidazole rings is 1. The summed E-state index contributed by atoms with van der Waals surface area (Å²) in [6.45, 7) is 3.86. The van der Waals surface area contributed by atoms with E-state index in [-0.39, 0.29) is 12.0 Å². The van der Waals surface area contributed by atoms with Crippen LogP contribution in [0.4, 0.5) is 5.82 Å². The highest BCUT2D eigenvalue weighted by Crippen LogP contribution is 2.22. The molecule has 2 aromatic rings. The largest absolute Gasteiger partial charge is 0.481 e. The van der Waals surface area contributed by atoms with Gasteiger partial charge in [-0.05, 0) is 20.3 Å². The predicted molar refractivity (Wildman–Crippen MR) is 66.3 cm³/mol. The molecule has 7 heteroatoms. The second kappa shape index (κ2) is 4.59. The molecule has 0 spiro atoms. The number of carboxylic acid groups (broad SMARTS) is 1. The first-order valence-corrected chi connectivity index (χ1v) is 5.62. The lowest BCUT2D eigenvalue weighted by atomic mass is 9.98. The summed E-state index contributed by atoms with van der Waals surface area (Å²) >= 11 is 0. The van der Waals surface area contributed by atoms with Gasteiger partial charge in [-0.1, -0.05) is 0 Å². The van der Waals surface area contributed by atoms with Crippen molar-refractivity contribution in [2.45, 2.75) is 32.2 Å². The van der Waals surface area contributed by atoms with E-state index < -0.39 is 5.97 Å². The Morgan fingerprint density at radius 2 is 2.22 bits per heavy atom. The molecule has 0 aromatic carbocycles. The Labute approximate surface area is 104 Å². The average Bonchev–Trinajstić information content (AvgIpc) is 2.75. The SMILES string of the molecule is CC(C)(CCC(=O)O)Nc1ncnc2nc[nH]c12. The Morgan fingerprint density at radius 1 is 1.44 bits per heavy atom. The van der Waals surface area contributed by atoms with E-state index in [1.54, 1.807) is 6.33 Å². The van der Waals surface area contributed by atoms with Gasteiger partial charge in [0.25, 0.3) is 0 Å². The number of nitrogens with one attached hydrogen (secondary N) is 2. The zero-order valence-electron chi connectivity index (χ0n) is 10.3. The molecular formula is C11H15N5O2. The number of fused-ring (bicyclic) bond motifs is 1. The summed E-state index contributed by atoms with van der Waals surface area (Å²) in [6, 6.07) is 0. The molecule has 0 radical (unpaired) electrons. The van der Waals surface area contributed by atoms with E-state index in [1.807, 2.05) is 13.8 Å². The first-order chi connectivity index (χ1) is 8.48. The molecule has 0 fully saturated rings. The number of carbonyl (C=O) groups is 1.